The van der Waals surface area contributed by atoms with E-state index in [1.54, 1.807) is 0 Å². The maximum absolute atomic E-state index is 13.1. The van der Waals surface area contributed by atoms with Gasteiger partial charge in [0.2, 0.25) is 0 Å². The van der Waals surface area contributed by atoms with Crippen LogP contribution in [-0.4, -0.2) is 96.7 Å². The Labute approximate surface area is 645 Å². The molecule has 624 valence electrons. The zero-order chi connectivity index (χ0) is 77.1. The van der Waals surface area contributed by atoms with E-state index in [2.05, 4.69) is 41.5 Å². The maximum Gasteiger partial charge on any atom is 0.472 e. The summed E-state index contributed by atoms with van der Waals surface area (Å²) < 4.78 is 68.9. The zero-order valence-electron chi connectivity index (χ0n) is 69.0. The minimum atomic E-state index is -4.97. The number of unbranched alkanes of at least 4 members (excludes halogenated alkanes) is 55. The van der Waals surface area contributed by atoms with Gasteiger partial charge in [-0.3, -0.25) is 37.3 Å². The molecule has 0 heterocycles. The summed E-state index contributed by atoms with van der Waals surface area (Å²) in [7, 11) is -9.93. The Bertz CT molecular complexity index is 2010. The Morgan fingerprint density at radius 3 is 0.648 bits per heavy atom. The number of ether oxygens (including phenoxy) is 4. The molecule has 2 unspecified atom stereocenters. The van der Waals surface area contributed by atoms with Crippen LogP contribution in [0.1, 0.15) is 459 Å². The molecule has 0 rings (SSSR count). The number of esters is 4. The molecule has 17 nitrogen and oxygen atoms in total. The highest BCUT2D eigenvalue weighted by atomic mass is 31.2. The van der Waals surface area contributed by atoms with E-state index in [0.29, 0.717) is 25.7 Å². The van der Waals surface area contributed by atoms with Gasteiger partial charge in [0.05, 0.1) is 26.4 Å². The number of phosphoric ester groups is 2. The number of carbonyl (C=O) groups excluding carboxylic acids is 4. The van der Waals surface area contributed by atoms with Gasteiger partial charge in [-0.15, -0.1) is 0 Å². The molecule has 0 saturated heterocycles. The van der Waals surface area contributed by atoms with Crippen LogP contribution < -0.4 is 0 Å². The molecule has 19 heteroatoms. The minimum absolute atomic E-state index is 0.107. The lowest BCUT2D eigenvalue weighted by atomic mass is 10.0. The molecule has 0 aliphatic carbocycles. The Balaban J connectivity index is 5.25. The molecule has 0 fully saturated rings. The molecule has 0 spiro atoms. The van der Waals surface area contributed by atoms with Crippen molar-refractivity contribution < 1.29 is 80.2 Å². The van der Waals surface area contributed by atoms with Crippen LogP contribution in [-0.2, 0) is 65.4 Å². The van der Waals surface area contributed by atoms with Crippen molar-refractivity contribution in [2.45, 2.75) is 477 Å². The summed E-state index contributed by atoms with van der Waals surface area (Å²) in [6.45, 7) is 9.66. The number of rotatable bonds is 85. The largest absolute Gasteiger partial charge is 0.472 e. The number of hydrogen-bond acceptors (Lipinski definition) is 15. The van der Waals surface area contributed by atoms with Crippen LogP contribution in [0, 0.1) is 11.8 Å². The first-order valence-corrected chi connectivity index (χ1v) is 47.5. The fraction of sp³-hybridized carbons (Fsp3) is 0.953. The lowest BCUT2D eigenvalue weighted by Gasteiger charge is -2.21. The van der Waals surface area contributed by atoms with E-state index in [1.807, 2.05) is 0 Å². The predicted octanol–water partition coefficient (Wildman–Crippen LogP) is 26.2. The zero-order valence-corrected chi connectivity index (χ0v) is 70.8. The standard InChI is InChI=1S/C86H168O17P2/c1-7-9-11-13-15-17-19-21-23-25-27-29-31-36-40-44-52-58-64-70-85(90)102-81(74-96-83(88)68-62-56-50-43-39-35-30-28-26-24-22-20-18-16-14-12-10-8-2)76-100-104(92,93)98-72-80(87)73-99-105(94,95)101-77-82(75-97-84(89)69-63-57-51-47-46-49-55-61-67-79(5)6)103-86(91)71-65-59-53-45-41-37-33-32-34-38-42-48-54-60-66-78(3)4/h78-82,87H,7-77H2,1-6H3,(H,92,93)(H,94,95)/t80-,81-,82-/m1/s1. The first kappa shape index (κ1) is 103. The van der Waals surface area contributed by atoms with Crippen LogP contribution >= 0.6 is 15.6 Å². The minimum Gasteiger partial charge on any atom is -0.462 e. The highest BCUT2D eigenvalue weighted by Crippen LogP contribution is 2.45. The van der Waals surface area contributed by atoms with Crippen LogP contribution in [0.25, 0.3) is 0 Å². The van der Waals surface area contributed by atoms with Crippen LogP contribution in [0.5, 0.6) is 0 Å². The van der Waals surface area contributed by atoms with E-state index in [-0.39, 0.29) is 25.7 Å². The molecule has 0 aliphatic rings. The Morgan fingerprint density at radius 2 is 0.438 bits per heavy atom. The SMILES string of the molecule is CCCCCCCCCCCCCCCCCCCCCC(=O)O[C@H](COC(=O)CCCCCCCCCCCCCCCCCCCC)COP(=O)(O)OC[C@@H](O)COP(=O)(O)OC[C@@H](COC(=O)CCCCCCCCCCC(C)C)OC(=O)CCCCCCCCCCCCCCCCC(C)C. The molecule has 0 aromatic carbocycles. The van der Waals surface area contributed by atoms with E-state index in [1.165, 1.54) is 276 Å². The van der Waals surface area contributed by atoms with Crippen LogP contribution in [0.4, 0.5) is 0 Å². The second-order valence-corrected chi connectivity index (χ2v) is 34.8. The Kier molecular flexibility index (Phi) is 76.0. The molecule has 3 N–H and O–H groups in total. The summed E-state index contributed by atoms with van der Waals surface area (Å²) >= 11 is 0. The number of phosphoric acid groups is 2. The quantitative estimate of drug-likeness (QED) is 0.0222. The van der Waals surface area contributed by atoms with E-state index in [9.17, 15) is 43.2 Å². The van der Waals surface area contributed by atoms with Crippen molar-refractivity contribution in [1.82, 2.24) is 0 Å². The Morgan fingerprint density at radius 1 is 0.257 bits per heavy atom. The molecule has 0 bridgehead atoms. The fourth-order valence-corrected chi connectivity index (χ4v) is 15.0. The van der Waals surface area contributed by atoms with Crippen LogP contribution in [0.2, 0.25) is 0 Å². The van der Waals surface area contributed by atoms with Crippen molar-refractivity contribution in [3.8, 4) is 0 Å². The van der Waals surface area contributed by atoms with E-state index in [0.717, 1.165) is 102 Å². The summed E-state index contributed by atoms with van der Waals surface area (Å²) in [5.74, 6) is -0.581. The van der Waals surface area contributed by atoms with Crippen molar-refractivity contribution in [3.05, 3.63) is 0 Å². The van der Waals surface area contributed by atoms with Crippen molar-refractivity contribution in [2.75, 3.05) is 39.6 Å². The summed E-state index contributed by atoms with van der Waals surface area (Å²) in [5, 5.41) is 10.7. The number of carbonyl (C=O) groups is 4. The first-order valence-electron chi connectivity index (χ1n) is 44.5. The molecule has 0 aliphatic heterocycles. The van der Waals surface area contributed by atoms with Gasteiger partial charge in [-0.25, -0.2) is 9.13 Å². The van der Waals surface area contributed by atoms with Crippen LogP contribution in [0.3, 0.4) is 0 Å². The third-order valence-corrected chi connectivity index (χ3v) is 22.1. The third-order valence-electron chi connectivity index (χ3n) is 20.2. The number of hydrogen-bond donors (Lipinski definition) is 3. The lowest BCUT2D eigenvalue weighted by Crippen LogP contribution is -2.30. The van der Waals surface area contributed by atoms with E-state index in [4.69, 9.17) is 37.0 Å². The van der Waals surface area contributed by atoms with Crippen molar-refractivity contribution in [3.63, 3.8) is 0 Å². The summed E-state index contributed by atoms with van der Waals surface area (Å²) in [4.78, 5) is 73.2. The Hall–Kier alpha value is -1.94. The second-order valence-electron chi connectivity index (χ2n) is 31.9. The van der Waals surface area contributed by atoms with Crippen LogP contribution in [0.15, 0.2) is 0 Å². The molecule has 5 atom stereocenters. The fourth-order valence-electron chi connectivity index (χ4n) is 13.4. The van der Waals surface area contributed by atoms with Crippen molar-refractivity contribution >= 4 is 39.5 Å². The van der Waals surface area contributed by atoms with Gasteiger partial charge < -0.3 is 33.8 Å². The van der Waals surface area contributed by atoms with E-state index >= 15 is 0 Å². The lowest BCUT2D eigenvalue weighted by molar-refractivity contribution is -0.161. The van der Waals surface area contributed by atoms with Gasteiger partial charge in [0.15, 0.2) is 12.2 Å². The van der Waals surface area contributed by atoms with Gasteiger partial charge in [0, 0.05) is 25.7 Å². The van der Waals surface area contributed by atoms with E-state index < -0.39 is 97.5 Å². The molecular weight excluding hydrogens is 1370 g/mol. The van der Waals surface area contributed by atoms with Gasteiger partial charge in [-0.1, -0.05) is 408 Å². The normalized spacial score (nSPS) is 13.8. The highest BCUT2D eigenvalue weighted by Gasteiger charge is 2.30. The number of aliphatic hydroxyl groups excluding tert-OH is 1. The molecule has 0 radical (unpaired) electrons. The summed E-state index contributed by atoms with van der Waals surface area (Å²) in [5.41, 5.74) is 0. The average Bonchev–Trinajstić information content (AvgIpc) is 0.936. The molecule has 0 amide bonds. The van der Waals surface area contributed by atoms with Gasteiger partial charge >= 0.3 is 39.5 Å². The average molecular weight is 1540 g/mol. The molecule has 105 heavy (non-hydrogen) atoms. The maximum atomic E-state index is 13.1. The van der Waals surface area contributed by atoms with Gasteiger partial charge in [-0.05, 0) is 37.5 Å². The van der Waals surface area contributed by atoms with Gasteiger partial charge in [0.1, 0.15) is 19.3 Å². The summed E-state index contributed by atoms with van der Waals surface area (Å²) in [6.07, 6.45) is 69.5. The van der Waals surface area contributed by atoms with Gasteiger partial charge in [-0.2, -0.15) is 0 Å². The molecule has 0 saturated carbocycles. The first-order chi connectivity index (χ1) is 50.9. The predicted molar refractivity (Wildman–Crippen MR) is 432 cm³/mol. The molecule has 0 aromatic heterocycles. The monoisotopic (exact) mass is 1540 g/mol. The summed E-state index contributed by atoms with van der Waals surface area (Å²) in [6, 6.07) is 0. The second kappa shape index (κ2) is 77.4. The molecule has 0 aromatic rings. The van der Waals surface area contributed by atoms with Crippen molar-refractivity contribution in [2.24, 2.45) is 11.8 Å². The smallest absolute Gasteiger partial charge is 0.462 e. The van der Waals surface area contributed by atoms with Gasteiger partial charge in [0.25, 0.3) is 0 Å². The number of aliphatic hydroxyl groups is 1. The topological polar surface area (TPSA) is 237 Å². The van der Waals surface area contributed by atoms with Crippen molar-refractivity contribution in [1.29, 1.82) is 0 Å². The highest BCUT2D eigenvalue weighted by molar-refractivity contribution is 7.47. The molecular formula is C86H168O17P2. The third kappa shape index (κ3) is 79.9.